The molecule has 0 radical (unpaired) electrons. The van der Waals surface area contributed by atoms with Gasteiger partial charge in [-0.15, -0.1) is 0 Å². The number of esters is 1. The van der Waals surface area contributed by atoms with Crippen LogP contribution in [0.1, 0.15) is 99.8 Å². The van der Waals surface area contributed by atoms with E-state index in [4.69, 9.17) is 4.74 Å². The third-order valence-corrected chi connectivity index (χ3v) is 13.4. The van der Waals surface area contributed by atoms with Crippen molar-refractivity contribution < 1.29 is 19.7 Å². The molecule has 34 heavy (non-hydrogen) atoms. The number of carbonyl (C=O) groups excluding carboxylic acids is 1. The highest BCUT2D eigenvalue weighted by Gasteiger charge is 2.74. The van der Waals surface area contributed by atoms with Gasteiger partial charge in [-0.3, -0.25) is 4.79 Å². The van der Waals surface area contributed by atoms with E-state index >= 15 is 0 Å². The van der Waals surface area contributed by atoms with E-state index in [2.05, 4.69) is 54.5 Å². The van der Waals surface area contributed by atoms with Gasteiger partial charge in [-0.1, -0.05) is 60.1 Å². The van der Waals surface area contributed by atoms with Crippen LogP contribution >= 0.6 is 0 Å². The molecule has 0 aromatic heterocycles. The number of aliphatic hydroxyl groups is 2. The van der Waals surface area contributed by atoms with Gasteiger partial charge < -0.3 is 14.9 Å². The molecule has 1 saturated heterocycles. The van der Waals surface area contributed by atoms with E-state index in [1.807, 2.05) is 0 Å². The molecule has 0 aromatic rings. The molecule has 5 fully saturated rings. The van der Waals surface area contributed by atoms with Crippen molar-refractivity contribution in [3.8, 4) is 0 Å². The molecule has 4 nitrogen and oxygen atoms in total. The smallest absolute Gasteiger partial charge is 0.315 e. The van der Waals surface area contributed by atoms with Gasteiger partial charge in [0.2, 0.25) is 0 Å². The molecule has 6 aliphatic rings. The fourth-order valence-corrected chi connectivity index (χ4v) is 11.1. The van der Waals surface area contributed by atoms with E-state index in [0.29, 0.717) is 24.7 Å². The predicted octanol–water partition coefficient (Wildman–Crippen LogP) is 5.66. The zero-order chi connectivity index (χ0) is 24.7. The van der Waals surface area contributed by atoms with Crippen molar-refractivity contribution in [1.29, 1.82) is 0 Å². The molecule has 1 heterocycles. The van der Waals surface area contributed by atoms with Crippen LogP contribution in [0.25, 0.3) is 0 Å². The summed E-state index contributed by atoms with van der Waals surface area (Å²) < 4.78 is 5.95. The lowest BCUT2D eigenvalue weighted by Gasteiger charge is -2.71. The van der Waals surface area contributed by atoms with Crippen LogP contribution in [0.15, 0.2) is 11.6 Å². The van der Waals surface area contributed by atoms with Gasteiger partial charge in [0.1, 0.15) is 11.5 Å². The van der Waals surface area contributed by atoms with Crippen LogP contribution in [0.4, 0.5) is 0 Å². The standard InChI is InChI=1S/C30H46O4/c1-25(2)14-18-17-8-9-20-27(5)12-11-21(31)26(3,4)19(27)10-13-28(20,6)29(17,7)15-22(32)30(18)16-23(25)34-24(30)33/h8,18-23,31-32H,9-16H2,1-7H3/t18-,19+,20+,21-,22+,23-,27-,28+,29+,30+/m0/s1. The van der Waals surface area contributed by atoms with Crippen LogP contribution in [-0.4, -0.2) is 34.5 Å². The first-order chi connectivity index (χ1) is 15.6. The van der Waals surface area contributed by atoms with Crippen molar-refractivity contribution in [3.63, 3.8) is 0 Å². The normalized spacial score (nSPS) is 56.9. The molecule has 0 amide bonds. The molecule has 6 rings (SSSR count). The van der Waals surface area contributed by atoms with Gasteiger partial charge in [0, 0.05) is 11.8 Å². The molecule has 1 spiro atoms. The Morgan fingerprint density at radius 3 is 2.29 bits per heavy atom. The van der Waals surface area contributed by atoms with Crippen molar-refractivity contribution in [2.75, 3.05) is 0 Å². The Morgan fingerprint density at radius 2 is 1.59 bits per heavy atom. The summed E-state index contributed by atoms with van der Waals surface area (Å²) in [6, 6.07) is 0. The minimum atomic E-state index is -0.743. The maximum absolute atomic E-state index is 13.4. The Labute approximate surface area is 205 Å². The average molecular weight is 471 g/mol. The fraction of sp³-hybridized carbons (Fsp3) is 0.900. The minimum absolute atomic E-state index is 0.0641. The largest absolute Gasteiger partial charge is 0.461 e. The van der Waals surface area contributed by atoms with Gasteiger partial charge in [-0.2, -0.15) is 0 Å². The highest BCUT2D eigenvalue weighted by Crippen LogP contribution is 2.76. The summed E-state index contributed by atoms with van der Waals surface area (Å²) in [5.41, 5.74) is 0.726. The van der Waals surface area contributed by atoms with E-state index in [1.165, 1.54) is 5.57 Å². The maximum Gasteiger partial charge on any atom is 0.315 e. The SMILES string of the molecule is CC1(C)C[C@H]2C3=CC[C@@H]4[C@@]5(C)CC[C@H](O)C(C)(C)[C@H]5CC[C@@]4(C)[C@]3(C)C[C@@H](O)[C@@]23C[C@@H]1OC3=O. The van der Waals surface area contributed by atoms with Gasteiger partial charge in [-0.25, -0.2) is 0 Å². The first kappa shape index (κ1) is 23.5. The van der Waals surface area contributed by atoms with Crippen LogP contribution in [0.3, 0.4) is 0 Å². The molecule has 4 saturated carbocycles. The second kappa shape index (κ2) is 6.52. The van der Waals surface area contributed by atoms with E-state index < -0.39 is 11.5 Å². The van der Waals surface area contributed by atoms with E-state index in [0.717, 1.165) is 38.5 Å². The maximum atomic E-state index is 13.4. The number of carbonyl (C=O) groups is 1. The number of fused-ring (bicyclic) bond motifs is 7. The van der Waals surface area contributed by atoms with Gasteiger partial charge in [-0.05, 0) is 84.4 Å². The van der Waals surface area contributed by atoms with Crippen molar-refractivity contribution in [2.24, 2.45) is 50.2 Å². The summed E-state index contributed by atoms with van der Waals surface area (Å²) in [6.45, 7) is 16.5. The van der Waals surface area contributed by atoms with Crippen LogP contribution in [0.5, 0.6) is 0 Å². The second-order valence-electron chi connectivity index (χ2n) is 15.3. The molecule has 1 aliphatic heterocycles. The van der Waals surface area contributed by atoms with Crippen molar-refractivity contribution in [2.45, 2.75) is 118 Å². The van der Waals surface area contributed by atoms with Gasteiger partial charge in [0.25, 0.3) is 0 Å². The van der Waals surface area contributed by atoms with Crippen molar-refractivity contribution in [3.05, 3.63) is 11.6 Å². The zero-order valence-corrected chi connectivity index (χ0v) is 22.4. The molecule has 0 unspecified atom stereocenters. The van der Waals surface area contributed by atoms with Crippen LogP contribution in [0, 0.1) is 50.2 Å². The number of hydrogen-bond donors (Lipinski definition) is 2. The first-order valence-corrected chi connectivity index (χ1v) is 13.9. The number of allylic oxidation sites excluding steroid dienone is 2. The van der Waals surface area contributed by atoms with Crippen LogP contribution in [0.2, 0.25) is 0 Å². The minimum Gasteiger partial charge on any atom is -0.461 e. The van der Waals surface area contributed by atoms with E-state index in [-0.39, 0.29) is 51.2 Å². The average Bonchev–Trinajstić information content (AvgIpc) is 3.05. The molecule has 4 heteroatoms. The highest BCUT2D eigenvalue weighted by atomic mass is 16.6. The summed E-state index contributed by atoms with van der Waals surface area (Å²) in [5.74, 6) is 0.977. The Balaban J connectivity index is 1.47. The third kappa shape index (κ3) is 2.42. The molecular weight excluding hydrogens is 424 g/mol. The third-order valence-electron chi connectivity index (χ3n) is 13.4. The lowest BCUT2D eigenvalue weighted by molar-refractivity contribution is -0.212. The molecule has 10 atom stereocenters. The number of ether oxygens (including phenoxy) is 1. The van der Waals surface area contributed by atoms with Crippen LogP contribution in [-0.2, 0) is 9.53 Å². The Kier molecular flexibility index (Phi) is 4.51. The second-order valence-corrected chi connectivity index (χ2v) is 15.3. The van der Waals surface area contributed by atoms with E-state index in [1.54, 1.807) is 0 Å². The van der Waals surface area contributed by atoms with Crippen molar-refractivity contribution >= 4 is 5.97 Å². The van der Waals surface area contributed by atoms with E-state index in [9.17, 15) is 15.0 Å². The predicted molar refractivity (Wildman–Crippen MR) is 132 cm³/mol. The summed E-state index contributed by atoms with van der Waals surface area (Å²) >= 11 is 0. The summed E-state index contributed by atoms with van der Waals surface area (Å²) in [5, 5.41) is 22.7. The topological polar surface area (TPSA) is 66.8 Å². The molecule has 190 valence electrons. The quantitative estimate of drug-likeness (QED) is 0.354. The molecular formula is C30H46O4. The number of hydrogen-bond acceptors (Lipinski definition) is 4. The molecule has 2 bridgehead atoms. The zero-order valence-electron chi connectivity index (χ0n) is 22.4. The summed E-state index contributed by atoms with van der Waals surface area (Å²) in [4.78, 5) is 13.4. The van der Waals surface area contributed by atoms with Gasteiger partial charge >= 0.3 is 5.97 Å². The number of rotatable bonds is 0. The Hall–Kier alpha value is -0.870. The van der Waals surface area contributed by atoms with Crippen molar-refractivity contribution in [1.82, 2.24) is 0 Å². The lowest BCUT2D eigenvalue weighted by Crippen LogP contribution is -2.67. The monoisotopic (exact) mass is 470 g/mol. The summed E-state index contributed by atoms with van der Waals surface area (Å²) in [7, 11) is 0. The first-order valence-electron chi connectivity index (χ1n) is 13.9. The highest BCUT2D eigenvalue weighted by molar-refractivity contribution is 5.82. The lowest BCUT2D eigenvalue weighted by atomic mass is 9.33. The Bertz CT molecular complexity index is 965. The molecule has 5 aliphatic carbocycles. The van der Waals surface area contributed by atoms with Gasteiger partial charge in [0.05, 0.1) is 12.2 Å². The molecule has 0 aromatic carbocycles. The fourth-order valence-electron chi connectivity index (χ4n) is 11.1. The molecule has 2 N–H and O–H groups in total. The summed E-state index contributed by atoms with van der Waals surface area (Å²) in [6.07, 6.45) is 9.13. The number of aliphatic hydroxyl groups excluding tert-OH is 2. The Morgan fingerprint density at radius 1 is 0.882 bits per heavy atom. The van der Waals surface area contributed by atoms with Crippen LogP contribution < -0.4 is 0 Å². The van der Waals surface area contributed by atoms with Gasteiger partial charge in [0.15, 0.2) is 0 Å².